The highest BCUT2D eigenvalue weighted by Crippen LogP contribution is 2.24. The van der Waals surface area contributed by atoms with E-state index in [1.54, 1.807) is 14.0 Å². The maximum Gasteiger partial charge on any atom is 0.260 e. The third-order valence-corrected chi connectivity index (χ3v) is 3.25. The molecule has 1 atom stereocenters. The maximum atomic E-state index is 11.8. The zero-order valence-electron chi connectivity index (χ0n) is 12.2. The van der Waals surface area contributed by atoms with Crippen LogP contribution in [0.25, 0.3) is 0 Å². The van der Waals surface area contributed by atoms with Crippen LogP contribution in [0.4, 0.5) is 0 Å². The molecule has 1 unspecified atom stereocenters. The van der Waals surface area contributed by atoms with Crippen LogP contribution < -0.4 is 15.4 Å². The fraction of sp³-hybridized carbons (Fsp3) is 0.500. The van der Waals surface area contributed by atoms with Gasteiger partial charge in [0.1, 0.15) is 5.75 Å². The Bertz CT molecular complexity index is 421. The molecule has 5 nitrogen and oxygen atoms in total. The second-order valence-corrected chi connectivity index (χ2v) is 5.08. The van der Waals surface area contributed by atoms with Crippen LogP contribution in [0.15, 0.2) is 28.7 Å². The zero-order chi connectivity index (χ0) is 14.8. The number of rotatable bonds is 9. The standard InChI is InChI=1S/C14H21BrN2O3.ClH/c1-11(20-13-6-4-3-5-12(13)15)14(18)17-8-7-16-9-10-19-2;/h3-6,11,16H,7-10H2,1-2H3,(H,17,18);1H. The zero-order valence-corrected chi connectivity index (χ0v) is 14.6. The summed E-state index contributed by atoms with van der Waals surface area (Å²) in [5.74, 6) is 0.530. The number of nitrogens with one attached hydrogen (secondary N) is 2. The van der Waals surface area contributed by atoms with E-state index in [4.69, 9.17) is 9.47 Å². The number of benzene rings is 1. The molecule has 0 aliphatic heterocycles. The SMILES string of the molecule is COCCNCCNC(=O)C(C)Oc1ccccc1Br.Cl. The summed E-state index contributed by atoms with van der Waals surface area (Å²) in [6.07, 6.45) is -0.535. The topological polar surface area (TPSA) is 59.6 Å². The average Bonchev–Trinajstić information content (AvgIpc) is 2.44. The van der Waals surface area contributed by atoms with Crippen molar-refractivity contribution in [2.75, 3.05) is 33.4 Å². The van der Waals surface area contributed by atoms with Crippen molar-refractivity contribution in [2.45, 2.75) is 13.0 Å². The highest BCUT2D eigenvalue weighted by atomic mass is 79.9. The number of carbonyl (C=O) groups excluding carboxylic acids is 1. The van der Waals surface area contributed by atoms with Crippen LogP contribution in [0.1, 0.15) is 6.92 Å². The van der Waals surface area contributed by atoms with E-state index >= 15 is 0 Å². The van der Waals surface area contributed by atoms with Crippen molar-refractivity contribution in [3.8, 4) is 5.75 Å². The minimum Gasteiger partial charge on any atom is -0.480 e. The Morgan fingerprint density at radius 2 is 2.00 bits per heavy atom. The number of methoxy groups -OCH3 is 1. The molecular formula is C14H22BrClN2O3. The molecule has 0 spiro atoms. The van der Waals surface area contributed by atoms with Crippen LogP contribution in [-0.4, -0.2) is 45.4 Å². The van der Waals surface area contributed by atoms with Gasteiger partial charge in [-0.05, 0) is 35.0 Å². The smallest absolute Gasteiger partial charge is 0.260 e. The molecule has 0 aromatic heterocycles. The van der Waals surface area contributed by atoms with Gasteiger partial charge >= 0.3 is 0 Å². The molecule has 0 heterocycles. The molecule has 0 aliphatic rings. The molecule has 0 aliphatic carbocycles. The second-order valence-electron chi connectivity index (χ2n) is 4.22. The fourth-order valence-corrected chi connectivity index (χ4v) is 1.88. The van der Waals surface area contributed by atoms with E-state index in [0.717, 1.165) is 11.0 Å². The minimum atomic E-state index is -0.535. The van der Waals surface area contributed by atoms with Gasteiger partial charge in [0.15, 0.2) is 6.10 Å². The predicted octanol–water partition coefficient (Wildman–Crippen LogP) is 1.99. The second kappa shape index (κ2) is 11.8. The summed E-state index contributed by atoms with van der Waals surface area (Å²) < 4.78 is 11.3. The summed E-state index contributed by atoms with van der Waals surface area (Å²) >= 11 is 3.38. The summed E-state index contributed by atoms with van der Waals surface area (Å²) in [5.41, 5.74) is 0. The van der Waals surface area contributed by atoms with Crippen LogP contribution in [0, 0.1) is 0 Å². The van der Waals surface area contributed by atoms with Crippen molar-refractivity contribution in [3.63, 3.8) is 0 Å². The Morgan fingerprint density at radius 3 is 2.67 bits per heavy atom. The van der Waals surface area contributed by atoms with Gasteiger partial charge < -0.3 is 20.1 Å². The van der Waals surface area contributed by atoms with Crippen LogP contribution in [0.5, 0.6) is 5.75 Å². The average molecular weight is 382 g/mol. The lowest BCUT2D eigenvalue weighted by Gasteiger charge is -2.15. The first-order valence-electron chi connectivity index (χ1n) is 6.53. The highest BCUT2D eigenvalue weighted by molar-refractivity contribution is 9.10. The van der Waals surface area contributed by atoms with E-state index in [1.165, 1.54) is 0 Å². The van der Waals surface area contributed by atoms with Gasteiger partial charge in [0.2, 0.25) is 0 Å². The molecule has 1 aromatic rings. The van der Waals surface area contributed by atoms with Crippen LogP contribution >= 0.6 is 28.3 Å². The summed E-state index contributed by atoms with van der Waals surface area (Å²) in [4.78, 5) is 11.8. The quantitative estimate of drug-likeness (QED) is 0.642. The van der Waals surface area contributed by atoms with E-state index in [1.807, 2.05) is 24.3 Å². The number of halogens is 2. The third kappa shape index (κ3) is 8.26. The Morgan fingerprint density at radius 1 is 1.29 bits per heavy atom. The molecule has 1 rings (SSSR count). The van der Waals surface area contributed by atoms with E-state index in [0.29, 0.717) is 25.4 Å². The van der Waals surface area contributed by atoms with Gasteiger partial charge in [0, 0.05) is 26.7 Å². The molecule has 0 saturated carbocycles. The normalized spacial score (nSPS) is 11.4. The molecule has 0 fully saturated rings. The molecular weight excluding hydrogens is 360 g/mol. The van der Waals surface area contributed by atoms with E-state index in [9.17, 15) is 4.79 Å². The Balaban J connectivity index is 0.00000400. The van der Waals surface area contributed by atoms with Crippen molar-refractivity contribution in [2.24, 2.45) is 0 Å². The van der Waals surface area contributed by atoms with Crippen molar-refractivity contribution >= 4 is 34.2 Å². The number of amides is 1. The lowest BCUT2D eigenvalue weighted by Crippen LogP contribution is -2.40. The summed E-state index contributed by atoms with van der Waals surface area (Å²) in [6, 6.07) is 7.46. The first kappa shape index (κ1) is 20.2. The predicted molar refractivity (Wildman–Crippen MR) is 89.2 cm³/mol. The molecule has 2 N–H and O–H groups in total. The molecule has 7 heteroatoms. The van der Waals surface area contributed by atoms with E-state index < -0.39 is 6.10 Å². The molecule has 0 saturated heterocycles. The molecule has 1 aromatic carbocycles. The van der Waals surface area contributed by atoms with Gasteiger partial charge in [-0.25, -0.2) is 0 Å². The number of ether oxygens (including phenoxy) is 2. The summed E-state index contributed by atoms with van der Waals surface area (Å²) in [6.45, 7) is 4.43. The highest BCUT2D eigenvalue weighted by Gasteiger charge is 2.14. The van der Waals surface area contributed by atoms with E-state index in [2.05, 4.69) is 26.6 Å². The summed E-state index contributed by atoms with van der Waals surface area (Å²) in [5, 5.41) is 5.97. The van der Waals surface area contributed by atoms with Gasteiger partial charge in [-0.2, -0.15) is 0 Å². The monoisotopic (exact) mass is 380 g/mol. The van der Waals surface area contributed by atoms with Crippen molar-refractivity contribution in [3.05, 3.63) is 28.7 Å². The largest absolute Gasteiger partial charge is 0.480 e. The molecule has 21 heavy (non-hydrogen) atoms. The van der Waals surface area contributed by atoms with Gasteiger partial charge in [-0.15, -0.1) is 12.4 Å². The number of hydrogen-bond acceptors (Lipinski definition) is 4. The minimum absolute atomic E-state index is 0. The first-order chi connectivity index (χ1) is 9.65. The summed E-state index contributed by atoms with van der Waals surface area (Å²) in [7, 11) is 1.66. The van der Waals surface area contributed by atoms with Crippen molar-refractivity contribution < 1.29 is 14.3 Å². The van der Waals surface area contributed by atoms with Gasteiger partial charge in [0.05, 0.1) is 11.1 Å². The number of hydrogen-bond donors (Lipinski definition) is 2. The lowest BCUT2D eigenvalue weighted by molar-refractivity contribution is -0.127. The molecule has 0 bridgehead atoms. The van der Waals surface area contributed by atoms with Crippen LogP contribution in [0.3, 0.4) is 0 Å². The number of para-hydroxylation sites is 1. The lowest BCUT2D eigenvalue weighted by atomic mass is 10.3. The van der Waals surface area contributed by atoms with Crippen molar-refractivity contribution in [1.29, 1.82) is 0 Å². The third-order valence-electron chi connectivity index (χ3n) is 2.59. The first-order valence-corrected chi connectivity index (χ1v) is 7.33. The van der Waals surface area contributed by atoms with Crippen LogP contribution in [0.2, 0.25) is 0 Å². The molecule has 120 valence electrons. The fourth-order valence-electron chi connectivity index (χ4n) is 1.50. The Kier molecular flexibility index (Phi) is 11.3. The number of carbonyl (C=O) groups is 1. The van der Waals surface area contributed by atoms with Gasteiger partial charge in [-0.3, -0.25) is 4.79 Å². The Labute approximate surface area is 140 Å². The maximum absolute atomic E-state index is 11.8. The van der Waals surface area contributed by atoms with Crippen molar-refractivity contribution in [1.82, 2.24) is 10.6 Å². The van der Waals surface area contributed by atoms with Gasteiger partial charge in [-0.1, -0.05) is 12.1 Å². The van der Waals surface area contributed by atoms with E-state index in [-0.39, 0.29) is 18.3 Å². The van der Waals surface area contributed by atoms with Gasteiger partial charge in [0.25, 0.3) is 5.91 Å². The Hall–Kier alpha value is -0.820. The molecule has 1 amide bonds. The van der Waals surface area contributed by atoms with Crippen LogP contribution in [-0.2, 0) is 9.53 Å². The molecule has 0 radical (unpaired) electrons.